The largest absolute Gasteiger partial charge is 0.481 e. The Hall–Kier alpha value is -0.150. The molecule has 0 amide bonds. The maximum atomic E-state index is 10.6. The van der Waals surface area contributed by atoms with Crippen molar-refractivity contribution < 1.29 is 9.90 Å². The third kappa shape index (κ3) is 4.20. The third-order valence-corrected chi connectivity index (χ3v) is 4.26. The zero-order valence-corrected chi connectivity index (χ0v) is 12.7. The molecule has 1 unspecified atom stereocenters. The predicted molar refractivity (Wildman–Crippen MR) is 76.2 cm³/mol. The molecule has 1 aromatic carbocycles. The quantitative estimate of drug-likeness (QED) is 0.584. The summed E-state index contributed by atoms with van der Waals surface area (Å²) in [6.07, 6.45) is 1.36. The molecular formula is C12H12Cl4O2. The van der Waals surface area contributed by atoms with Gasteiger partial charge in [-0.3, -0.25) is 4.79 Å². The lowest BCUT2D eigenvalue weighted by atomic mass is 9.98. The molecule has 0 aliphatic carbocycles. The van der Waals surface area contributed by atoms with Crippen molar-refractivity contribution in [3.8, 4) is 0 Å². The molecule has 0 saturated heterocycles. The van der Waals surface area contributed by atoms with E-state index < -0.39 is 5.97 Å². The molecule has 0 saturated carbocycles. The van der Waals surface area contributed by atoms with Crippen LogP contribution in [0.15, 0.2) is 6.07 Å². The minimum Gasteiger partial charge on any atom is -0.481 e. The first-order valence-corrected chi connectivity index (χ1v) is 6.87. The van der Waals surface area contributed by atoms with Crippen LogP contribution in [0.2, 0.25) is 20.1 Å². The Morgan fingerprint density at radius 2 is 1.83 bits per heavy atom. The molecule has 2 nitrogen and oxygen atoms in total. The fourth-order valence-electron chi connectivity index (χ4n) is 1.62. The van der Waals surface area contributed by atoms with Crippen LogP contribution in [0.5, 0.6) is 0 Å². The number of hydrogen-bond donors (Lipinski definition) is 1. The Morgan fingerprint density at radius 1 is 1.22 bits per heavy atom. The Balaban J connectivity index is 2.79. The first-order valence-electron chi connectivity index (χ1n) is 5.36. The van der Waals surface area contributed by atoms with Crippen LogP contribution in [0.4, 0.5) is 0 Å². The fraction of sp³-hybridized carbons (Fsp3) is 0.417. The van der Waals surface area contributed by atoms with Crippen molar-refractivity contribution in [1.29, 1.82) is 0 Å². The highest BCUT2D eigenvalue weighted by Gasteiger charge is 2.15. The van der Waals surface area contributed by atoms with Gasteiger partial charge in [-0.15, -0.1) is 0 Å². The zero-order chi connectivity index (χ0) is 13.9. The van der Waals surface area contributed by atoms with E-state index in [2.05, 4.69) is 0 Å². The van der Waals surface area contributed by atoms with Crippen LogP contribution in [-0.2, 0) is 11.2 Å². The van der Waals surface area contributed by atoms with Gasteiger partial charge in [0.15, 0.2) is 0 Å². The van der Waals surface area contributed by atoms with Crippen LogP contribution in [0.3, 0.4) is 0 Å². The summed E-state index contributed by atoms with van der Waals surface area (Å²) >= 11 is 23.9. The normalized spacial score (nSPS) is 12.5. The van der Waals surface area contributed by atoms with Crippen LogP contribution in [0, 0.1) is 5.92 Å². The van der Waals surface area contributed by atoms with Crippen LogP contribution in [-0.4, -0.2) is 11.1 Å². The summed E-state index contributed by atoms with van der Waals surface area (Å²) in [5, 5.41) is 10.1. The van der Waals surface area contributed by atoms with Crippen molar-refractivity contribution in [2.75, 3.05) is 0 Å². The monoisotopic (exact) mass is 328 g/mol. The lowest BCUT2D eigenvalue weighted by Gasteiger charge is -2.12. The molecule has 0 bridgehead atoms. The van der Waals surface area contributed by atoms with Crippen molar-refractivity contribution >= 4 is 52.4 Å². The van der Waals surface area contributed by atoms with Gasteiger partial charge in [0.1, 0.15) is 0 Å². The summed E-state index contributed by atoms with van der Waals surface area (Å²) < 4.78 is 0. The Morgan fingerprint density at radius 3 is 2.39 bits per heavy atom. The summed E-state index contributed by atoms with van der Waals surface area (Å²) in [5.41, 5.74) is 0.713. The SMILES string of the molecule is CC(CCc1c(Cl)cc(Cl)c(Cl)c1Cl)CC(=O)O. The van der Waals surface area contributed by atoms with Crippen LogP contribution in [0.1, 0.15) is 25.3 Å². The van der Waals surface area contributed by atoms with Crippen molar-refractivity contribution in [2.45, 2.75) is 26.2 Å². The lowest BCUT2D eigenvalue weighted by molar-refractivity contribution is -0.138. The number of rotatable bonds is 5. The molecule has 1 aromatic rings. The average molecular weight is 330 g/mol. The van der Waals surface area contributed by atoms with E-state index in [9.17, 15) is 4.79 Å². The molecule has 18 heavy (non-hydrogen) atoms. The van der Waals surface area contributed by atoms with E-state index in [0.29, 0.717) is 33.5 Å². The van der Waals surface area contributed by atoms with Crippen LogP contribution in [0.25, 0.3) is 0 Å². The molecule has 1 atom stereocenters. The summed E-state index contributed by atoms with van der Waals surface area (Å²) in [6.45, 7) is 1.87. The van der Waals surface area contributed by atoms with Gasteiger partial charge in [0, 0.05) is 11.4 Å². The highest BCUT2D eigenvalue weighted by molar-refractivity contribution is 6.49. The Labute approximate surface area is 126 Å². The molecule has 6 heteroatoms. The van der Waals surface area contributed by atoms with Gasteiger partial charge in [-0.2, -0.15) is 0 Å². The minimum atomic E-state index is -0.811. The molecule has 0 heterocycles. The molecule has 0 aromatic heterocycles. The number of aliphatic carboxylic acids is 1. The van der Waals surface area contributed by atoms with Crippen molar-refractivity contribution in [2.24, 2.45) is 5.92 Å². The highest BCUT2D eigenvalue weighted by atomic mass is 35.5. The molecule has 1 rings (SSSR count). The first kappa shape index (κ1) is 15.9. The zero-order valence-electron chi connectivity index (χ0n) is 9.64. The predicted octanol–water partition coefficient (Wildman–Crippen LogP) is 5.34. The van der Waals surface area contributed by atoms with E-state index >= 15 is 0 Å². The Kier molecular flexibility index (Phi) is 6.06. The molecule has 1 N–H and O–H groups in total. The minimum absolute atomic E-state index is 0.0455. The molecular weight excluding hydrogens is 318 g/mol. The molecule has 0 spiro atoms. The summed E-state index contributed by atoms with van der Waals surface area (Å²) in [4.78, 5) is 10.6. The number of carbonyl (C=O) groups is 1. The third-order valence-electron chi connectivity index (χ3n) is 2.62. The number of halogens is 4. The number of carboxylic acid groups (broad SMARTS) is 1. The lowest BCUT2D eigenvalue weighted by Crippen LogP contribution is -2.05. The van der Waals surface area contributed by atoms with Gasteiger partial charge in [0.05, 0.1) is 15.1 Å². The van der Waals surface area contributed by atoms with E-state index in [-0.39, 0.29) is 17.4 Å². The summed E-state index contributed by atoms with van der Waals surface area (Å²) in [5.74, 6) is -0.766. The maximum Gasteiger partial charge on any atom is 0.303 e. The average Bonchev–Trinajstić information content (AvgIpc) is 2.25. The molecule has 0 aliphatic heterocycles. The van der Waals surface area contributed by atoms with Crippen LogP contribution >= 0.6 is 46.4 Å². The van der Waals surface area contributed by atoms with Gasteiger partial charge in [-0.05, 0) is 30.4 Å². The van der Waals surface area contributed by atoms with Gasteiger partial charge >= 0.3 is 5.97 Å². The second kappa shape index (κ2) is 6.85. The number of hydrogen-bond acceptors (Lipinski definition) is 1. The van der Waals surface area contributed by atoms with Crippen molar-refractivity contribution in [3.05, 3.63) is 31.7 Å². The maximum absolute atomic E-state index is 10.6. The standard InChI is InChI=1S/C12H12Cl4O2/c1-6(4-10(17)18)2-3-7-8(13)5-9(14)12(16)11(7)15/h5-6H,2-4H2,1H3,(H,17,18). The van der Waals surface area contributed by atoms with E-state index in [1.54, 1.807) is 6.07 Å². The first-order chi connectivity index (χ1) is 8.32. The van der Waals surface area contributed by atoms with Crippen molar-refractivity contribution in [3.63, 3.8) is 0 Å². The Bertz CT molecular complexity index is 460. The van der Waals surface area contributed by atoms with Gasteiger partial charge in [0.25, 0.3) is 0 Å². The second-order valence-electron chi connectivity index (χ2n) is 4.19. The fourth-order valence-corrected chi connectivity index (χ4v) is 2.74. The molecule has 100 valence electrons. The summed E-state index contributed by atoms with van der Waals surface area (Å²) in [7, 11) is 0. The van der Waals surface area contributed by atoms with E-state index in [1.807, 2.05) is 6.92 Å². The number of carboxylic acids is 1. The van der Waals surface area contributed by atoms with E-state index in [4.69, 9.17) is 51.5 Å². The number of benzene rings is 1. The van der Waals surface area contributed by atoms with E-state index in [1.165, 1.54) is 0 Å². The summed E-state index contributed by atoms with van der Waals surface area (Å²) in [6, 6.07) is 1.55. The van der Waals surface area contributed by atoms with Crippen LogP contribution < -0.4 is 0 Å². The molecule has 0 fully saturated rings. The second-order valence-corrected chi connectivity index (χ2v) is 5.76. The van der Waals surface area contributed by atoms with E-state index in [0.717, 1.165) is 0 Å². The van der Waals surface area contributed by atoms with Gasteiger partial charge in [-0.1, -0.05) is 53.3 Å². The topological polar surface area (TPSA) is 37.3 Å². The van der Waals surface area contributed by atoms with Gasteiger partial charge in [0.2, 0.25) is 0 Å². The van der Waals surface area contributed by atoms with Crippen molar-refractivity contribution in [1.82, 2.24) is 0 Å². The smallest absolute Gasteiger partial charge is 0.303 e. The van der Waals surface area contributed by atoms with Gasteiger partial charge in [-0.25, -0.2) is 0 Å². The highest BCUT2D eigenvalue weighted by Crippen LogP contribution is 2.38. The molecule has 0 radical (unpaired) electrons. The molecule has 0 aliphatic rings. The van der Waals surface area contributed by atoms with Gasteiger partial charge < -0.3 is 5.11 Å².